The number of hydrogen-bond acceptors (Lipinski definition) is 5. The van der Waals surface area contributed by atoms with E-state index in [0.717, 1.165) is 35.4 Å². The van der Waals surface area contributed by atoms with E-state index >= 15 is 0 Å². The van der Waals surface area contributed by atoms with E-state index in [1.807, 2.05) is 19.1 Å². The summed E-state index contributed by atoms with van der Waals surface area (Å²) in [5, 5.41) is 3.06. The van der Waals surface area contributed by atoms with Gasteiger partial charge in [-0.15, -0.1) is 11.3 Å². The highest BCUT2D eigenvalue weighted by Gasteiger charge is 2.42. The molecule has 0 saturated carbocycles. The quantitative estimate of drug-likeness (QED) is 0.606. The Hall–Kier alpha value is -2.74. The van der Waals surface area contributed by atoms with Gasteiger partial charge in [0, 0.05) is 24.3 Å². The number of hydrogen-bond donors (Lipinski definition) is 2. The first kappa shape index (κ1) is 21.1. The molecular formula is C24H29N5O2S. The van der Waals surface area contributed by atoms with Gasteiger partial charge in [-0.05, 0) is 50.2 Å². The third kappa shape index (κ3) is 3.60. The Morgan fingerprint density at radius 2 is 1.88 bits per heavy atom. The van der Waals surface area contributed by atoms with Crippen molar-refractivity contribution in [1.82, 2.24) is 25.2 Å². The lowest BCUT2D eigenvalue weighted by Crippen LogP contribution is -2.41. The molecule has 2 aliphatic heterocycles. The Labute approximate surface area is 191 Å². The van der Waals surface area contributed by atoms with Crippen molar-refractivity contribution >= 4 is 34.3 Å². The van der Waals surface area contributed by atoms with Crippen molar-refractivity contribution in [2.24, 2.45) is 5.41 Å². The van der Waals surface area contributed by atoms with Gasteiger partial charge in [0.1, 0.15) is 5.52 Å². The Kier molecular flexibility index (Phi) is 5.08. The van der Waals surface area contributed by atoms with E-state index in [9.17, 15) is 9.59 Å². The molecule has 3 aromatic heterocycles. The zero-order valence-corrected chi connectivity index (χ0v) is 19.8. The van der Waals surface area contributed by atoms with Gasteiger partial charge in [-0.2, -0.15) is 0 Å². The molecule has 2 fully saturated rings. The van der Waals surface area contributed by atoms with E-state index in [2.05, 4.69) is 41.0 Å². The number of thiophene rings is 1. The van der Waals surface area contributed by atoms with Gasteiger partial charge < -0.3 is 15.2 Å². The van der Waals surface area contributed by atoms with E-state index in [1.54, 1.807) is 12.4 Å². The first-order chi connectivity index (χ1) is 15.2. The Balaban J connectivity index is 1.40. The van der Waals surface area contributed by atoms with Crippen molar-refractivity contribution in [3.63, 3.8) is 0 Å². The molecule has 0 aliphatic carbocycles. The fourth-order valence-corrected chi connectivity index (χ4v) is 5.54. The summed E-state index contributed by atoms with van der Waals surface area (Å²) in [4.78, 5) is 41.9. The molecule has 5 heterocycles. The lowest BCUT2D eigenvalue weighted by Gasteiger charge is -2.27. The predicted octanol–water partition coefficient (Wildman–Crippen LogP) is 4.62. The van der Waals surface area contributed by atoms with Crippen LogP contribution in [-0.2, 0) is 0 Å². The highest BCUT2D eigenvalue weighted by molar-refractivity contribution is 7.17. The summed E-state index contributed by atoms with van der Waals surface area (Å²) >= 11 is 1.45. The van der Waals surface area contributed by atoms with Crippen LogP contribution in [0.2, 0.25) is 0 Å². The van der Waals surface area contributed by atoms with Crippen LogP contribution >= 0.6 is 11.3 Å². The molecule has 1 atom stereocenters. The first-order valence-corrected chi connectivity index (χ1v) is 12.1. The number of aromatic amines is 1. The largest absolute Gasteiger partial charge is 0.349 e. The molecule has 2 aliphatic rings. The molecule has 5 rings (SSSR count). The smallest absolute Gasteiger partial charge is 0.264 e. The molecule has 32 heavy (non-hydrogen) atoms. The molecule has 2 bridgehead atoms. The molecule has 2 saturated heterocycles. The van der Waals surface area contributed by atoms with Crippen molar-refractivity contribution in [1.29, 1.82) is 0 Å². The number of fused-ring (bicyclic) bond motifs is 3. The van der Waals surface area contributed by atoms with Crippen molar-refractivity contribution in [2.75, 3.05) is 0 Å². The number of carbonyl (C=O) groups is 2. The molecule has 2 amide bonds. The van der Waals surface area contributed by atoms with Crippen LogP contribution in [0.1, 0.15) is 73.4 Å². The van der Waals surface area contributed by atoms with Crippen LogP contribution in [0, 0.1) is 5.41 Å². The van der Waals surface area contributed by atoms with Crippen LogP contribution in [0.4, 0.5) is 0 Å². The second kappa shape index (κ2) is 7.69. The van der Waals surface area contributed by atoms with Crippen LogP contribution in [0.5, 0.6) is 0 Å². The molecular weight excluding hydrogens is 422 g/mol. The number of aromatic nitrogens is 3. The van der Waals surface area contributed by atoms with E-state index in [1.165, 1.54) is 11.3 Å². The lowest BCUT2D eigenvalue weighted by molar-refractivity contribution is 0.0734. The average molecular weight is 452 g/mol. The molecule has 3 aromatic rings. The summed E-state index contributed by atoms with van der Waals surface area (Å²) in [6.07, 6.45) is 7.86. The summed E-state index contributed by atoms with van der Waals surface area (Å²) in [5.74, 6) is -0.0325. The standard InChI is InChI=1S/C24H29N5O2S/c1-13(24(2,3)4)27-22(30)16-11-25-21-20(16)28-17(12-26-21)18-9-10-19(32-18)23(31)29-14-5-6-15(29)8-7-14/h9-15H,5-8H2,1-4H3,(H,25,26)(H,27,30)/t13-,14?,15?/m0/s1. The zero-order chi connectivity index (χ0) is 22.6. The van der Waals surface area contributed by atoms with Crippen molar-refractivity contribution in [3.8, 4) is 10.6 Å². The molecule has 0 aromatic carbocycles. The second-order valence-electron chi connectivity index (χ2n) is 10.1. The highest BCUT2D eigenvalue weighted by Crippen LogP contribution is 2.39. The van der Waals surface area contributed by atoms with Gasteiger partial charge in [-0.1, -0.05) is 20.8 Å². The minimum atomic E-state index is -0.170. The lowest BCUT2D eigenvalue weighted by atomic mass is 9.88. The number of rotatable bonds is 4. The topological polar surface area (TPSA) is 91.0 Å². The number of nitrogens with one attached hydrogen (secondary N) is 2. The molecule has 8 heteroatoms. The minimum absolute atomic E-state index is 0.00263. The van der Waals surface area contributed by atoms with Gasteiger partial charge in [0.25, 0.3) is 11.8 Å². The Morgan fingerprint density at radius 3 is 2.53 bits per heavy atom. The first-order valence-electron chi connectivity index (χ1n) is 11.3. The molecule has 0 radical (unpaired) electrons. The number of H-pyrrole nitrogens is 1. The maximum Gasteiger partial charge on any atom is 0.264 e. The molecule has 2 N–H and O–H groups in total. The normalized spacial score (nSPS) is 21.3. The van der Waals surface area contributed by atoms with E-state index < -0.39 is 0 Å². The fourth-order valence-electron chi connectivity index (χ4n) is 4.64. The van der Waals surface area contributed by atoms with Crippen molar-refractivity contribution in [3.05, 3.63) is 35.0 Å². The summed E-state index contributed by atoms with van der Waals surface area (Å²) in [6.45, 7) is 8.28. The summed E-state index contributed by atoms with van der Waals surface area (Å²) in [7, 11) is 0. The van der Waals surface area contributed by atoms with Crippen LogP contribution in [-0.4, -0.2) is 49.8 Å². The van der Waals surface area contributed by atoms with Crippen molar-refractivity contribution < 1.29 is 9.59 Å². The monoisotopic (exact) mass is 451 g/mol. The highest BCUT2D eigenvalue weighted by atomic mass is 32.1. The maximum absolute atomic E-state index is 13.1. The van der Waals surface area contributed by atoms with Gasteiger partial charge in [-0.3, -0.25) is 9.59 Å². The average Bonchev–Trinajstić information content (AvgIpc) is 3.55. The third-order valence-corrected chi connectivity index (χ3v) is 8.12. The summed E-state index contributed by atoms with van der Waals surface area (Å²) in [5.41, 5.74) is 2.21. The second-order valence-corrected chi connectivity index (χ2v) is 11.1. The van der Waals surface area contributed by atoms with Crippen LogP contribution in [0.15, 0.2) is 24.5 Å². The van der Waals surface area contributed by atoms with Crippen molar-refractivity contribution in [2.45, 2.75) is 71.5 Å². The van der Waals surface area contributed by atoms with E-state index in [0.29, 0.717) is 34.5 Å². The van der Waals surface area contributed by atoms with Crippen LogP contribution in [0.25, 0.3) is 21.7 Å². The number of carbonyl (C=O) groups excluding carboxylic acids is 2. The SMILES string of the molecule is C[C@H](NC(=O)c1c[nH]c2ncc(-c3ccc(C(=O)N4C5CCC4CC5)s3)nc12)C(C)(C)C. The van der Waals surface area contributed by atoms with E-state index in [-0.39, 0.29) is 23.3 Å². The predicted molar refractivity (Wildman–Crippen MR) is 126 cm³/mol. The Bertz CT molecular complexity index is 1170. The summed E-state index contributed by atoms with van der Waals surface area (Å²) < 4.78 is 0. The summed E-state index contributed by atoms with van der Waals surface area (Å²) in [6, 6.07) is 4.64. The van der Waals surface area contributed by atoms with Gasteiger partial charge in [0.15, 0.2) is 5.65 Å². The molecule has 0 spiro atoms. The van der Waals surface area contributed by atoms with Gasteiger partial charge >= 0.3 is 0 Å². The molecule has 0 unspecified atom stereocenters. The third-order valence-electron chi connectivity index (χ3n) is 7.03. The zero-order valence-electron chi connectivity index (χ0n) is 18.9. The van der Waals surface area contributed by atoms with Gasteiger partial charge in [-0.25, -0.2) is 9.97 Å². The van der Waals surface area contributed by atoms with Crippen LogP contribution in [0.3, 0.4) is 0 Å². The van der Waals surface area contributed by atoms with Gasteiger partial charge in [0.2, 0.25) is 0 Å². The molecule has 168 valence electrons. The van der Waals surface area contributed by atoms with Crippen LogP contribution < -0.4 is 5.32 Å². The Morgan fingerprint density at radius 1 is 1.19 bits per heavy atom. The van der Waals surface area contributed by atoms with Gasteiger partial charge in [0.05, 0.1) is 27.2 Å². The minimum Gasteiger partial charge on any atom is -0.349 e. The number of nitrogens with zero attached hydrogens (tertiary/aromatic N) is 3. The number of amides is 2. The van der Waals surface area contributed by atoms with E-state index in [4.69, 9.17) is 4.98 Å². The fraction of sp³-hybridized carbons (Fsp3) is 0.500. The molecule has 7 nitrogen and oxygen atoms in total. The maximum atomic E-state index is 13.1.